The average molecular weight is 518 g/mol. The van der Waals surface area contributed by atoms with Crippen LogP contribution in [0.5, 0.6) is 0 Å². The summed E-state index contributed by atoms with van der Waals surface area (Å²) in [5.74, 6) is -3.15. The predicted octanol–water partition coefficient (Wildman–Crippen LogP) is 5.10. The third-order valence-corrected chi connectivity index (χ3v) is 6.85. The molecule has 1 amide bonds. The Hall–Kier alpha value is -3.22. The number of sulfonamides is 1. The lowest BCUT2D eigenvalue weighted by atomic mass is 10.1. The van der Waals surface area contributed by atoms with Crippen LogP contribution >= 0.6 is 11.6 Å². The largest absolute Gasteiger partial charge is 0.416 e. The Bertz CT molecular complexity index is 1390. The molecule has 34 heavy (non-hydrogen) atoms. The highest BCUT2D eigenvalue weighted by atomic mass is 35.5. The molecule has 1 heterocycles. The van der Waals surface area contributed by atoms with Crippen molar-refractivity contribution in [2.24, 2.45) is 0 Å². The number of hydrogen-bond donors (Lipinski definition) is 2. The monoisotopic (exact) mass is 517 g/mol. The van der Waals surface area contributed by atoms with Crippen molar-refractivity contribution in [3.63, 3.8) is 0 Å². The molecule has 0 spiro atoms. The van der Waals surface area contributed by atoms with Crippen LogP contribution in [-0.2, 0) is 22.7 Å². The van der Waals surface area contributed by atoms with Crippen molar-refractivity contribution in [1.82, 2.24) is 5.43 Å². The lowest BCUT2D eigenvalue weighted by Crippen LogP contribution is -2.38. The molecule has 0 bridgehead atoms. The molecule has 0 saturated heterocycles. The Labute approximate surface area is 195 Å². The molecule has 3 aromatic carbocycles. The second kappa shape index (κ2) is 8.53. The van der Waals surface area contributed by atoms with Crippen molar-refractivity contribution in [1.29, 1.82) is 0 Å². The molecule has 0 saturated carbocycles. The van der Waals surface area contributed by atoms with Gasteiger partial charge in [0.05, 0.1) is 26.7 Å². The highest BCUT2D eigenvalue weighted by Crippen LogP contribution is 2.36. The third kappa shape index (κ3) is 4.43. The first-order chi connectivity index (χ1) is 15.9. The Morgan fingerprint density at radius 3 is 2.47 bits per heavy atom. The maximum absolute atomic E-state index is 14.0. The average Bonchev–Trinajstić information content (AvgIpc) is 3.16. The van der Waals surface area contributed by atoms with Gasteiger partial charge in [0.1, 0.15) is 11.6 Å². The zero-order valence-corrected chi connectivity index (χ0v) is 18.3. The van der Waals surface area contributed by atoms with Crippen molar-refractivity contribution in [3.05, 3.63) is 87.9 Å². The molecule has 0 unspecified atom stereocenters. The molecule has 1 aliphatic heterocycles. The maximum atomic E-state index is 14.0. The van der Waals surface area contributed by atoms with Gasteiger partial charge in [0.15, 0.2) is 0 Å². The normalized spacial score (nSPS) is 13.6. The van der Waals surface area contributed by atoms with E-state index in [9.17, 15) is 35.2 Å². The Balaban J connectivity index is 1.69. The van der Waals surface area contributed by atoms with Crippen LogP contribution in [0.25, 0.3) is 0 Å². The predicted molar refractivity (Wildman–Crippen MR) is 114 cm³/mol. The van der Waals surface area contributed by atoms with Gasteiger partial charge in [-0.2, -0.15) is 26.0 Å². The van der Waals surface area contributed by atoms with Gasteiger partial charge in [0.25, 0.3) is 15.9 Å². The van der Waals surface area contributed by atoms with Crippen molar-refractivity contribution in [2.45, 2.75) is 17.6 Å². The van der Waals surface area contributed by atoms with E-state index in [1.54, 1.807) is 0 Å². The van der Waals surface area contributed by atoms with E-state index in [0.717, 1.165) is 6.07 Å². The molecule has 178 valence electrons. The Morgan fingerprint density at radius 1 is 1.06 bits per heavy atom. The molecule has 1 aliphatic rings. The molecule has 0 atom stereocenters. The maximum Gasteiger partial charge on any atom is 0.416 e. The number of nitrogens with one attached hydrogen (secondary N) is 2. The summed E-state index contributed by atoms with van der Waals surface area (Å²) in [6.45, 7) is -0.0105. The van der Waals surface area contributed by atoms with E-state index in [-0.39, 0.29) is 29.0 Å². The molecule has 4 rings (SSSR count). The number of rotatable bonds is 4. The second-order valence-electron chi connectivity index (χ2n) is 7.17. The molecule has 2 N–H and O–H groups in total. The molecule has 0 fully saturated rings. The third-order valence-electron chi connectivity index (χ3n) is 4.90. The smallest absolute Gasteiger partial charge is 0.322 e. The van der Waals surface area contributed by atoms with Gasteiger partial charge in [-0.15, -0.1) is 0 Å². The summed E-state index contributed by atoms with van der Waals surface area (Å²) in [4.78, 5) is 11.6. The van der Waals surface area contributed by atoms with Gasteiger partial charge in [-0.05, 0) is 48.0 Å². The van der Waals surface area contributed by atoms with Crippen LogP contribution in [0, 0.1) is 11.6 Å². The molecular weight excluding hydrogens is 505 g/mol. The number of benzene rings is 3. The van der Waals surface area contributed by atoms with E-state index >= 15 is 0 Å². The summed E-state index contributed by atoms with van der Waals surface area (Å²) < 4.78 is 93.7. The highest BCUT2D eigenvalue weighted by Gasteiger charge is 2.36. The van der Waals surface area contributed by atoms with Gasteiger partial charge in [0.2, 0.25) is 0 Å². The molecule has 0 aromatic heterocycles. The summed E-state index contributed by atoms with van der Waals surface area (Å²) in [6, 6.07) is 8.76. The van der Waals surface area contributed by atoms with Crippen molar-refractivity contribution in [3.8, 4) is 0 Å². The summed E-state index contributed by atoms with van der Waals surface area (Å²) in [7, 11) is -4.68. The number of anilines is 2. The standard InChI is InChI=1S/C21H13ClF5N3O3S/c22-16-2-1-3-17(24)19(16)20(31)29-14-5-4-11-10-28-30(18(11)9-14)34(32,33)15-7-12(21(25,26)27)6-13(23)8-15/h1-9,28H,10H2,(H,29,31). The lowest BCUT2D eigenvalue weighted by Gasteiger charge is -2.20. The van der Waals surface area contributed by atoms with Crippen LogP contribution in [0.1, 0.15) is 21.5 Å². The molecule has 6 nitrogen and oxygen atoms in total. The fourth-order valence-electron chi connectivity index (χ4n) is 3.33. The Morgan fingerprint density at radius 2 is 1.79 bits per heavy atom. The number of nitrogens with zero attached hydrogens (tertiary/aromatic N) is 1. The van der Waals surface area contributed by atoms with Crippen molar-refractivity contribution < 1.29 is 35.2 Å². The van der Waals surface area contributed by atoms with E-state index in [4.69, 9.17) is 11.6 Å². The van der Waals surface area contributed by atoms with Gasteiger partial charge >= 0.3 is 6.18 Å². The summed E-state index contributed by atoms with van der Waals surface area (Å²) in [6.07, 6.45) is -4.96. The number of carbonyl (C=O) groups excluding carboxylic acids is 1. The highest BCUT2D eigenvalue weighted by molar-refractivity contribution is 7.92. The van der Waals surface area contributed by atoms with E-state index < -0.39 is 49.8 Å². The van der Waals surface area contributed by atoms with Gasteiger partial charge in [-0.3, -0.25) is 4.79 Å². The zero-order chi connectivity index (χ0) is 24.8. The van der Waals surface area contributed by atoms with Crippen LogP contribution in [0.15, 0.2) is 59.5 Å². The minimum Gasteiger partial charge on any atom is -0.322 e. The quantitative estimate of drug-likeness (QED) is 0.472. The molecule has 0 radical (unpaired) electrons. The van der Waals surface area contributed by atoms with Crippen LogP contribution in [-0.4, -0.2) is 14.3 Å². The number of hydrazine groups is 1. The van der Waals surface area contributed by atoms with Gasteiger partial charge in [0, 0.05) is 12.2 Å². The topological polar surface area (TPSA) is 78.5 Å². The molecule has 13 heteroatoms. The van der Waals surface area contributed by atoms with E-state index in [2.05, 4.69) is 10.7 Å². The van der Waals surface area contributed by atoms with Crippen LogP contribution < -0.4 is 15.2 Å². The van der Waals surface area contributed by atoms with Crippen molar-refractivity contribution >= 4 is 38.9 Å². The fraction of sp³-hybridized carbons (Fsp3) is 0.0952. The SMILES string of the molecule is O=C(Nc1ccc2c(c1)N(S(=O)(=O)c1cc(F)cc(C(F)(F)F)c1)NC2)c1c(F)cccc1Cl. The number of halogens is 6. The van der Waals surface area contributed by atoms with Crippen LogP contribution in [0.3, 0.4) is 0 Å². The number of fused-ring (bicyclic) bond motifs is 1. The number of alkyl halides is 3. The first-order valence-electron chi connectivity index (χ1n) is 9.43. The van der Waals surface area contributed by atoms with Gasteiger partial charge in [-0.1, -0.05) is 23.7 Å². The first-order valence-corrected chi connectivity index (χ1v) is 11.2. The molecule has 3 aromatic rings. The van der Waals surface area contributed by atoms with E-state index in [1.807, 2.05) is 0 Å². The minimum absolute atomic E-state index is 0.0105. The summed E-state index contributed by atoms with van der Waals surface area (Å²) >= 11 is 5.88. The minimum atomic E-state index is -4.96. The molecular formula is C21H13ClF5N3O3S. The summed E-state index contributed by atoms with van der Waals surface area (Å²) in [5.41, 5.74) is 1.10. The summed E-state index contributed by atoms with van der Waals surface area (Å²) in [5, 5.41) is 2.26. The fourth-order valence-corrected chi connectivity index (χ4v) is 4.99. The second-order valence-corrected chi connectivity index (χ2v) is 9.37. The van der Waals surface area contributed by atoms with E-state index in [0.29, 0.717) is 22.1 Å². The first kappa shape index (κ1) is 23.9. The number of amides is 1. The zero-order valence-electron chi connectivity index (χ0n) is 16.8. The van der Waals surface area contributed by atoms with Gasteiger partial charge < -0.3 is 5.32 Å². The van der Waals surface area contributed by atoms with Gasteiger partial charge in [-0.25, -0.2) is 14.2 Å². The number of hydrogen-bond acceptors (Lipinski definition) is 4. The Kier molecular flexibility index (Phi) is 6.00. The number of carbonyl (C=O) groups is 1. The van der Waals surface area contributed by atoms with Crippen LogP contribution in [0.2, 0.25) is 5.02 Å². The molecule has 0 aliphatic carbocycles. The van der Waals surface area contributed by atoms with Crippen LogP contribution in [0.4, 0.5) is 33.3 Å². The van der Waals surface area contributed by atoms with Crippen molar-refractivity contribution in [2.75, 3.05) is 9.73 Å². The van der Waals surface area contributed by atoms with E-state index in [1.165, 1.54) is 30.3 Å². The lowest BCUT2D eigenvalue weighted by molar-refractivity contribution is -0.137.